The first kappa shape index (κ1) is 14.2. The Morgan fingerprint density at radius 2 is 1.50 bits per heavy atom. The number of hydrogen-bond acceptors (Lipinski definition) is 2. The monoisotopic (exact) mass is 279 g/mol. The van der Waals surface area contributed by atoms with E-state index in [2.05, 4.69) is 5.32 Å². The first-order chi connectivity index (χ1) is 9.81. The van der Waals surface area contributed by atoms with Gasteiger partial charge in [-0.05, 0) is 43.9 Å². The van der Waals surface area contributed by atoms with Crippen LogP contribution in [0.25, 0.3) is 0 Å². The molecule has 3 aliphatic rings. The molecule has 3 nitrogen and oxygen atoms in total. The molecule has 3 saturated carbocycles. The van der Waals surface area contributed by atoms with Gasteiger partial charge < -0.3 is 10.1 Å². The van der Waals surface area contributed by atoms with Gasteiger partial charge in [0.25, 0.3) is 0 Å². The van der Waals surface area contributed by atoms with Crippen molar-refractivity contribution >= 4 is 6.09 Å². The Morgan fingerprint density at radius 1 is 0.800 bits per heavy atom. The lowest BCUT2D eigenvalue weighted by Crippen LogP contribution is -2.40. The minimum atomic E-state index is -0.156. The van der Waals surface area contributed by atoms with Gasteiger partial charge in [-0.2, -0.15) is 0 Å². The van der Waals surface area contributed by atoms with Crippen LogP contribution < -0.4 is 5.32 Å². The molecule has 0 bridgehead atoms. The summed E-state index contributed by atoms with van der Waals surface area (Å²) in [5.41, 5.74) is 0. The third-order valence-corrected chi connectivity index (χ3v) is 5.69. The van der Waals surface area contributed by atoms with Crippen LogP contribution in [-0.4, -0.2) is 18.2 Å². The Labute approximate surface area is 122 Å². The van der Waals surface area contributed by atoms with E-state index in [1.807, 2.05) is 0 Å². The molecule has 0 aromatic carbocycles. The number of alkyl carbamates (subject to hydrolysis) is 1. The number of carbonyl (C=O) groups is 1. The first-order valence-electron chi connectivity index (χ1n) is 8.78. The molecule has 1 amide bonds. The summed E-state index contributed by atoms with van der Waals surface area (Å²) in [5, 5.41) is 3.08. The summed E-state index contributed by atoms with van der Waals surface area (Å²) < 4.78 is 5.69. The molecule has 0 radical (unpaired) electrons. The smallest absolute Gasteiger partial charge is 0.407 e. The predicted octanol–water partition coefficient (Wildman–Crippen LogP) is 4.40. The average molecular weight is 279 g/mol. The minimum absolute atomic E-state index is 0.156. The van der Waals surface area contributed by atoms with Crippen molar-refractivity contribution < 1.29 is 9.53 Å². The van der Waals surface area contributed by atoms with E-state index in [4.69, 9.17) is 4.74 Å². The number of carbonyl (C=O) groups excluding carboxylic acids is 1. The molecule has 3 fully saturated rings. The molecule has 0 unspecified atom stereocenters. The van der Waals surface area contributed by atoms with Crippen molar-refractivity contribution in [2.24, 2.45) is 11.8 Å². The highest BCUT2D eigenvalue weighted by molar-refractivity contribution is 5.67. The van der Waals surface area contributed by atoms with Crippen LogP contribution in [0.3, 0.4) is 0 Å². The summed E-state index contributed by atoms with van der Waals surface area (Å²) >= 11 is 0. The van der Waals surface area contributed by atoms with Gasteiger partial charge in [0.05, 0.1) is 0 Å². The molecule has 3 heteroatoms. The van der Waals surface area contributed by atoms with Gasteiger partial charge >= 0.3 is 6.09 Å². The number of fused-ring (bicyclic) bond motifs is 1. The first-order valence-corrected chi connectivity index (χ1v) is 8.78. The SMILES string of the molecule is O=C(NC1CCCCC1)O[C@H]1CC[C@H]2CCCC[C@@H]2C1. The zero-order valence-electron chi connectivity index (χ0n) is 12.6. The van der Waals surface area contributed by atoms with E-state index >= 15 is 0 Å². The topological polar surface area (TPSA) is 38.3 Å². The maximum Gasteiger partial charge on any atom is 0.407 e. The largest absolute Gasteiger partial charge is 0.446 e. The third kappa shape index (κ3) is 3.67. The highest BCUT2D eigenvalue weighted by Gasteiger charge is 2.33. The molecule has 0 heterocycles. The van der Waals surface area contributed by atoms with Gasteiger partial charge in [0.1, 0.15) is 6.10 Å². The molecule has 20 heavy (non-hydrogen) atoms. The van der Waals surface area contributed by atoms with Gasteiger partial charge in [-0.15, -0.1) is 0 Å². The molecule has 1 N–H and O–H groups in total. The lowest BCUT2D eigenvalue weighted by Gasteiger charge is -2.39. The highest BCUT2D eigenvalue weighted by atomic mass is 16.6. The number of ether oxygens (including phenoxy) is 1. The van der Waals surface area contributed by atoms with E-state index in [1.165, 1.54) is 51.4 Å². The summed E-state index contributed by atoms with van der Waals surface area (Å²) in [6.07, 6.45) is 15.1. The van der Waals surface area contributed by atoms with Crippen molar-refractivity contribution in [3.05, 3.63) is 0 Å². The van der Waals surface area contributed by atoms with Crippen LogP contribution in [0.15, 0.2) is 0 Å². The van der Waals surface area contributed by atoms with E-state index in [-0.39, 0.29) is 12.2 Å². The lowest BCUT2D eigenvalue weighted by molar-refractivity contribution is 0.0257. The molecular formula is C17H29NO2. The van der Waals surface area contributed by atoms with Crippen molar-refractivity contribution in [3.8, 4) is 0 Å². The second-order valence-electron chi connectivity index (χ2n) is 7.12. The van der Waals surface area contributed by atoms with Gasteiger partial charge in [0.15, 0.2) is 0 Å². The normalized spacial score (nSPS) is 35.1. The molecule has 0 saturated heterocycles. The van der Waals surface area contributed by atoms with E-state index in [9.17, 15) is 4.79 Å². The predicted molar refractivity (Wildman–Crippen MR) is 79.6 cm³/mol. The summed E-state index contributed by atoms with van der Waals surface area (Å²) in [5.74, 6) is 1.75. The van der Waals surface area contributed by atoms with Gasteiger partial charge in [-0.3, -0.25) is 0 Å². The average Bonchev–Trinajstić information content (AvgIpc) is 2.48. The molecule has 114 valence electrons. The number of rotatable bonds is 2. The maximum atomic E-state index is 12.0. The van der Waals surface area contributed by atoms with Crippen LogP contribution in [0.4, 0.5) is 4.79 Å². The molecule has 0 spiro atoms. The molecule has 0 aromatic heterocycles. The van der Waals surface area contributed by atoms with Gasteiger partial charge in [0.2, 0.25) is 0 Å². The molecule has 3 atom stereocenters. The van der Waals surface area contributed by atoms with E-state index < -0.39 is 0 Å². The summed E-state index contributed by atoms with van der Waals surface area (Å²) in [6.45, 7) is 0. The van der Waals surface area contributed by atoms with Crippen LogP contribution >= 0.6 is 0 Å². The fourth-order valence-corrected chi connectivity index (χ4v) is 4.54. The van der Waals surface area contributed by atoms with Crippen molar-refractivity contribution in [2.45, 2.75) is 89.2 Å². The van der Waals surface area contributed by atoms with Gasteiger partial charge in [-0.25, -0.2) is 4.79 Å². The Morgan fingerprint density at radius 3 is 2.30 bits per heavy atom. The number of hydrogen-bond donors (Lipinski definition) is 1. The molecule has 0 aliphatic heterocycles. The molecular weight excluding hydrogens is 250 g/mol. The molecule has 0 aromatic rings. The van der Waals surface area contributed by atoms with Crippen molar-refractivity contribution in [1.82, 2.24) is 5.32 Å². The summed E-state index contributed by atoms with van der Waals surface area (Å²) in [7, 11) is 0. The van der Waals surface area contributed by atoms with Crippen molar-refractivity contribution in [3.63, 3.8) is 0 Å². The second kappa shape index (κ2) is 6.82. The number of amides is 1. The van der Waals surface area contributed by atoms with Gasteiger partial charge in [-0.1, -0.05) is 44.9 Å². The standard InChI is InChI=1S/C17H29NO2/c19-17(18-15-8-2-1-3-9-15)20-16-11-10-13-6-4-5-7-14(13)12-16/h13-16H,1-12H2,(H,18,19)/t13-,14-,16+/m1/s1. The van der Waals surface area contributed by atoms with Crippen LogP contribution in [0.1, 0.15) is 77.0 Å². The van der Waals surface area contributed by atoms with Crippen molar-refractivity contribution in [1.29, 1.82) is 0 Å². The Balaban J connectivity index is 1.42. The van der Waals surface area contributed by atoms with Gasteiger partial charge in [0, 0.05) is 6.04 Å². The fourth-order valence-electron chi connectivity index (χ4n) is 4.54. The zero-order valence-corrected chi connectivity index (χ0v) is 12.6. The van der Waals surface area contributed by atoms with Crippen molar-refractivity contribution in [2.75, 3.05) is 0 Å². The Hall–Kier alpha value is -0.730. The fraction of sp³-hybridized carbons (Fsp3) is 0.941. The summed E-state index contributed by atoms with van der Waals surface area (Å²) in [4.78, 5) is 12.0. The third-order valence-electron chi connectivity index (χ3n) is 5.69. The quantitative estimate of drug-likeness (QED) is 0.813. The van der Waals surface area contributed by atoms with E-state index in [0.29, 0.717) is 6.04 Å². The zero-order chi connectivity index (χ0) is 13.8. The molecule has 3 aliphatic carbocycles. The molecule has 3 rings (SSSR count). The van der Waals surface area contributed by atoms with Crippen LogP contribution in [0.5, 0.6) is 0 Å². The number of nitrogens with one attached hydrogen (secondary N) is 1. The summed E-state index contributed by atoms with van der Waals surface area (Å²) in [6, 6.07) is 0.363. The Bertz CT molecular complexity index is 325. The van der Waals surface area contributed by atoms with Crippen LogP contribution in [0, 0.1) is 11.8 Å². The van der Waals surface area contributed by atoms with E-state index in [0.717, 1.165) is 37.5 Å². The van der Waals surface area contributed by atoms with E-state index in [1.54, 1.807) is 0 Å². The highest BCUT2D eigenvalue weighted by Crippen LogP contribution is 2.41. The van der Waals surface area contributed by atoms with Crippen LogP contribution in [-0.2, 0) is 4.74 Å². The second-order valence-corrected chi connectivity index (χ2v) is 7.12. The lowest BCUT2D eigenvalue weighted by atomic mass is 9.70. The Kier molecular flexibility index (Phi) is 4.85. The van der Waals surface area contributed by atoms with Crippen LogP contribution in [0.2, 0.25) is 0 Å². The maximum absolute atomic E-state index is 12.0. The minimum Gasteiger partial charge on any atom is -0.446 e.